The van der Waals surface area contributed by atoms with Gasteiger partial charge in [-0.3, -0.25) is 4.79 Å². The molecule has 0 aromatic heterocycles. The second kappa shape index (κ2) is 3.76. The Morgan fingerprint density at radius 2 is 1.94 bits per heavy atom. The van der Waals surface area contributed by atoms with Crippen LogP contribution in [0.4, 0.5) is 11.4 Å². The molecule has 1 aliphatic rings. The molecule has 0 aliphatic carbocycles. The molecule has 3 nitrogen and oxygen atoms in total. The largest absolute Gasteiger partial charge is 0.382 e. The normalized spacial score (nSPS) is 18.4. The number of carbonyl (C=O) groups is 1. The van der Waals surface area contributed by atoms with Crippen LogP contribution in [-0.2, 0) is 4.79 Å². The molecule has 0 bridgehead atoms. The van der Waals surface area contributed by atoms with Crippen LogP contribution in [0.25, 0.3) is 0 Å². The summed E-state index contributed by atoms with van der Waals surface area (Å²) in [4.78, 5) is 14.1. The number of amides is 1. The van der Waals surface area contributed by atoms with Gasteiger partial charge in [-0.1, -0.05) is 6.07 Å². The molecule has 0 atom stereocenters. The fraction of sp³-hybridized carbons (Fsp3) is 0.500. The van der Waals surface area contributed by atoms with E-state index in [2.05, 4.69) is 31.3 Å². The second-order valence-electron chi connectivity index (χ2n) is 5.58. The van der Waals surface area contributed by atoms with E-state index in [-0.39, 0.29) is 11.3 Å². The fourth-order valence-corrected chi connectivity index (χ4v) is 2.39. The number of fused-ring (bicyclic) bond motifs is 1. The number of benzene rings is 1. The highest BCUT2D eigenvalue weighted by Gasteiger charge is 2.35. The summed E-state index contributed by atoms with van der Waals surface area (Å²) in [5.41, 5.74) is 4.07. The number of rotatable bonds is 0. The lowest BCUT2D eigenvalue weighted by molar-refractivity contribution is -0.125. The minimum absolute atomic E-state index is 0.161. The van der Waals surface area contributed by atoms with Crippen molar-refractivity contribution in [2.45, 2.75) is 27.7 Å². The number of nitrogens with zero attached hydrogens (tertiary/aromatic N) is 1. The van der Waals surface area contributed by atoms with E-state index in [1.54, 1.807) is 4.90 Å². The van der Waals surface area contributed by atoms with Gasteiger partial charge in [-0.05, 0) is 44.9 Å². The Morgan fingerprint density at radius 3 is 2.59 bits per heavy atom. The lowest BCUT2D eigenvalue weighted by Gasteiger charge is -2.25. The van der Waals surface area contributed by atoms with E-state index in [1.165, 1.54) is 11.1 Å². The van der Waals surface area contributed by atoms with Gasteiger partial charge in [0.25, 0.3) is 0 Å². The van der Waals surface area contributed by atoms with Crippen LogP contribution in [0.3, 0.4) is 0 Å². The van der Waals surface area contributed by atoms with Crippen LogP contribution in [0.15, 0.2) is 12.1 Å². The molecule has 17 heavy (non-hydrogen) atoms. The Labute approximate surface area is 103 Å². The summed E-state index contributed by atoms with van der Waals surface area (Å²) in [5, 5.41) is 3.41. The average Bonchev–Trinajstić information content (AvgIpc) is 2.31. The molecule has 92 valence electrons. The first-order valence-electron chi connectivity index (χ1n) is 5.96. The molecule has 0 fully saturated rings. The first-order valence-corrected chi connectivity index (χ1v) is 5.96. The maximum atomic E-state index is 12.3. The van der Waals surface area contributed by atoms with Crippen molar-refractivity contribution in [1.29, 1.82) is 0 Å². The predicted octanol–water partition coefficient (Wildman–Crippen LogP) is 2.72. The fourth-order valence-electron chi connectivity index (χ4n) is 2.39. The number of aryl methyl sites for hydroxylation is 2. The zero-order valence-electron chi connectivity index (χ0n) is 11.2. The predicted molar refractivity (Wildman–Crippen MR) is 71.6 cm³/mol. The highest BCUT2D eigenvalue weighted by Crippen LogP contribution is 2.36. The van der Waals surface area contributed by atoms with E-state index < -0.39 is 0 Å². The summed E-state index contributed by atoms with van der Waals surface area (Å²) in [7, 11) is 1.86. The van der Waals surface area contributed by atoms with Gasteiger partial charge in [0.05, 0.1) is 16.8 Å². The van der Waals surface area contributed by atoms with E-state index in [9.17, 15) is 4.79 Å². The van der Waals surface area contributed by atoms with Crippen LogP contribution in [0.5, 0.6) is 0 Å². The van der Waals surface area contributed by atoms with Gasteiger partial charge in [0.15, 0.2) is 0 Å². The van der Waals surface area contributed by atoms with E-state index in [0.29, 0.717) is 6.54 Å². The summed E-state index contributed by atoms with van der Waals surface area (Å²) in [6, 6.07) is 4.21. The number of anilines is 2. The first-order chi connectivity index (χ1) is 7.83. The smallest absolute Gasteiger partial charge is 0.234 e. The zero-order chi connectivity index (χ0) is 12.8. The molecule has 1 heterocycles. The van der Waals surface area contributed by atoms with Crippen LogP contribution < -0.4 is 10.2 Å². The first kappa shape index (κ1) is 12.0. The van der Waals surface area contributed by atoms with Crippen molar-refractivity contribution in [3.8, 4) is 0 Å². The van der Waals surface area contributed by atoms with Gasteiger partial charge in [0.2, 0.25) is 5.91 Å². The van der Waals surface area contributed by atoms with Crippen LogP contribution >= 0.6 is 0 Å². The van der Waals surface area contributed by atoms with Crippen molar-refractivity contribution in [3.63, 3.8) is 0 Å². The van der Waals surface area contributed by atoms with Crippen molar-refractivity contribution < 1.29 is 4.79 Å². The Bertz CT molecular complexity index is 477. The number of hydrogen-bond donors (Lipinski definition) is 1. The lowest BCUT2D eigenvalue weighted by Crippen LogP contribution is -2.40. The third kappa shape index (κ3) is 1.90. The Morgan fingerprint density at radius 1 is 1.29 bits per heavy atom. The van der Waals surface area contributed by atoms with Gasteiger partial charge in [-0.25, -0.2) is 0 Å². The van der Waals surface area contributed by atoms with E-state index in [4.69, 9.17) is 0 Å². The van der Waals surface area contributed by atoms with Crippen LogP contribution in [0, 0.1) is 19.3 Å². The summed E-state index contributed by atoms with van der Waals surface area (Å²) in [6.07, 6.45) is 0. The molecule has 1 aliphatic heterocycles. The minimum Gasteiger partial charge on any atom is -0.382 e. The topological polar surface area (TPSA) is 32.3 Å². The van der Waals surface area contributed by atoms with Crippen molar-refractivity contribution in [1.82, 2.24) is 0 Å². The molecule has 0 radical (unpaired) electrons. The third-order valence-corrected chi connectivity index (χ3v) is 3.41. The average molecular weight is 232 g/mol. The second-order valence-corrected chi connectivity index (χ2v) is 5.58. The summed E-state index contributed by atoms with van der Waals surface area (Å²) in [5.74, 6) is 0.161. The number of hydrogen-bond acceptors (Lipinski definition) is 2. The molecule has 1 aromatic rings. The van der Waals surface area contributed by atoms with Crippen molar-refractivity contribution >= 4 is 17.3 Å². The lowest BCUT2D eigenvalue weighted by atomic mass is 9.92. The summed E-state index contributed by atoms with van der Waals surface area (Å²) < 4.78 is 0. The van der Waals surface area contributed by atoms with Crippen LogP contribution in [0.2, 0.25) is 0 Å². The van der Waals surface area contributed by atoms with Gasteiger partial charge in [-0.15, -0.1) is 0 Å². The molecule has 3 heteroatoms. The van der Waals surface area contributed by atoms with Crippen molar-refractivity contribution in [2.75, 3.05) is 23.8 Å². The summed E-state index contributed by atoms with van der Waals surface area (Å²) in [6.45, 7) is 8.77. The molecule has 1 aromatic carbocycles. The van der Waals surface area contributed by atoms with Gasteiger partial charge in [-0.2, -0.15) is 0 Å². The van der Waals surface area contributed by atoms with Gasteiger partial charge in [0, 0.05) is 13.6 Å². The maximum Gasteiger partial charge on any atom is 0.234 e. The molecule has 1 amide bonds. The molecular formula is C14H20N2O. The Hall–Kier alpha value is -1.51. The zero-order valence-corrected chi connectivity index (χ0v) is 11.2. The molecular weight excluding hydrogens is 212 g/mol. The molecule has 1 N–H and O–H groups in total. The van der Waals surface area contributed by atoms with Crippen LogP contribution in [-0.4, -0.2) is 19.5 Å². The van der Waals surface area contributed by atoms with Gasteiger partial charge in [0.1, 0.15) is 0 Å². The number of carbonyl (C=O) groups excluding carboxylic acids is 1. The Balaban J connectivity index is 2.59. The minimum atomic E-state index is -0.367. The molecule has 0 saturated heterocycles. The van der Waals surface area contributed by atoms with Gasteiger partial charge < -0.3 is 10.2 Å². The molecule has 0 saturated carbocycles. The van der Waals surface area contributed by atoms with Crippen LogP contribution in [0.1, 0.15) is 25.0 Å². The van der Waals surface area contributed by atoms with Crippen molar-refractivity contribution in [3.05, 3.63) is 23.3 Å². The SMILES string of the molecule is Cc1cc(C)c2c(c1)N(C)C(=O)C(C)(C)CN2. The number of nitrogens with one attached hydrogen (secondary N) is 1. The molecule has 0 unspecified atom stereocenters. The Kier molecular flexibility index (Phi) is 2.64. The standard InChI is InChI=1S/C14H20N2O/c1-9-6-10(2)12-11(7-9)16(5)13(17)14(3,4)8-15-12/h6-7,15H,8H2,1-5H3. The summed E-state index contributed by atoms with van der Waals surface area (Å²) >= 11 is 0. The highest BCUT2D eigenvalue weighted by atomic mass is 16.2. The van der Waals surface area contributed by atoms with E-state index >= 15 is 0 Å². The third-order valence-electron chi connectivity index (χ3n) is 3.41. The van der Waals surface area contributed by atoms with E-state index in [1.807, 2.05) is 20.9 Å². The van der Waals surface area contributed by atoms with E-state index in [0.717, 1.165) is 11.4 Å². The highest BCUT2D eigenvalue weighted by molar-refractivity contribution is 6.01. The monoisotopic (exact) mass is 232 g/mol. The molecule has 2 rings (SSSR count). The molecule has 0 spiro atoms. The van der Waals surface area contributed by atoms with Crippen molar-refractivity contribution in [2.24, 2.45) is 5.41 Å². The maximum absolute atomic E-state index is 12.3. The van der Waals surface area contributed by atoms with Gasteiger partial charge >= 0.3 is 0 Å². The quantitative estimate of drug-likeness (QED) is 0.746.